The lowest BCUT2D eigenvalue weighted by Crippen LogP contribution is -2.39. The summed E-state index contributed by atoms with van der Waals surface area (Å²) in [6, 6.07) is 2.96. The maximum Gasteiger partial charge on any atom is 0.318 e. The van der Waals surface area contributed by atoms with E-state index in [1.54, 1.807) is 20.8 Å². The Morgan fingerprint density at radius 2 is 1.81 bits per heavy atom. The van der Waals surface area contributed by atoms with Gasteiger partial charge < -0.3 is 13.9 Å². The Morgan fingerprint density at radius 3 is 2.24 bits per heavy atom. The second-order valence-corrected chi connectivity index (χ2v) is 5.66. The van der Waals surface area contributed by atoms with E-state index < -0.39 is 35.2 Å². The third kappa shape index (κ3) is 4.44. The van der Waals surface area contributed by atoms with Gasteiger partial charge in [0.15, 0.2) is 5.76 Å². The highest BCUT2D eigenvalue weighted by atomic mass is 16.6. The summed E-state index contributed by atoms with van der Waals surface area (Å²) in [5.74, 6) is -4.31. The molecule has 1 unspecified atom stereocenters. The van der Waals surface area contributed by atoms with Gasteiger partial charge in [-0.15, -0.1) is 0 Å². The van der Waals surface area contributed by atoms with Crippen LogP contribution in [0.25, 0.3) is 0 Å². The summed E-state index contributed by atoms with van der Waals surface area (Å²) in [4.78, 5) is 36.3. The van der Waals surface area contributed by atoms with Gasteiger partial charge in [0, 0.05) is 0 Å². The lowest BCUT2D eigenvalue weighted by molar-refractivity contribution is -0.164. The SMILES string of the molecule is COC(=O)[C@@H](C)C(C(=O)OC(C)(C)C)C(=O)c1ccco1. The molecule has 0 bridgehead atoms. The molecule has 6 nitrogen and oxygen atoms in total. The molecule has 1 aromatic heterocycles. The van der Waals surface area contributed by atoms with Crippen LogP contribution in [0.5, 0.6) is 0 Å². The second kappa shape index (κ2) is 6.56. The standard InChI is InChI=1S/C15H20O6/c1-9(13(17)19-5)11(14(18)21-15(2,3)4)12(16)10-7-6-8-20-10/h6-9,11H,1-5H3/t9-,11?/m0/s1. The average Bonchev–Trinajstić information content (AvgIpc) is 2.89. The molecule has 1 aromatic rings. The highest BCUT2D eigenvalue weighted by Crippen LogP contribution is 2.23. The van der Waals surface area contributed by atoms with Crippen molar-refractivity contribution in [2.24, 2.45) is 11.8 Å². The molecule has 6 heteroatoms. The summed E-state index contributed by atoms with van der Waals surface area (Å²) in [7, 11) is 1.20. The fraction of sp³-hybridized carbons (Fsp3) is 0.533. The van der Waals surface area contributed by atoms with Crippen molar-refractivity contribution >= 4 is 17.7 Å². The van der Waals surface area contributed by atoms with Crippen LogP contribution in [-0.2, 0) is 19.1 Å². The van der Waals surface area contributed by atoms with E-state index in [4.69, 9.17) is 9.15 Å². The monoisotopic (exact) mass is 296 g/mol. The maximum absolute atomic E-state index is 12.4. The summed E-state index contributed by atoms with van der Waals surface area (Å²) in [5.41, 5.74) is -0.769. The number of Topliss-reactive ketones (excluding diaryl/α,β-unsaturated/α-hetero) is 1. The molecule has 0 saturated carbocycles. The number of hydrogen-bond acceptors (Lipinski definition) is 6. The Bertz CT molecular complexity index is 509. The van der Waals surface area contributed by atoms with Gasteiger partial charge in [0.1, 0.15) is 11.5 Å². The third-order valence-electron chi connectivity index (χ3n) is 2.78. The van der Waals surface area contributed by atoms with E-state index in [1.807, 2.05) is 0 Å². The Balaban J connectivity index is 3.08. The van der Waals surface area contributed by atoms with Crippen molar-refractivity contribution in [2.45, 2.75) is 33.3 Å². The number of carbonyl (C=O) groups is 3. The van der Waals surface area contributed by atoms with Gasteiger partial charge in [0.25, 0.3) is 0 Å². The normalized spacial score (nSPS) is 14.1. The third-order valence-corrected chi connectivity index (χ3v) is 2.78. The molecule has 0 aromatic carbocycles. The Kier molecular flexibility index (Phi) is 5.29. The predicted octanol–water partition coefficient (Wildman–Crippen LogP) is 2.23. The average molecular weight is 296 g/mol. The summed E-state index contributed by atoms with van der Waals surface area (Å²) in [6.45, 7) is 6.49. The Hall–Kier alpha value is -2.11. The first kappa shape index (κ1) is 16.9. The van der Waals surface area contributed by atoms with Crippen molar-refractivity contribution in [3.05, 3.63) is 24.2 Å². The van der Waals surface area contributed by atoms with Crippen LogP contribution in [0, 0.1) is 11.8 Å². The molecule has 116 valence electrons. The molecule has 0 radical (unpaired) electrons. The number of carbonyl (C=O) groups excluding carboxylic acids is 3. The van der Waals surface area contributed by atoms with Gasteiger partial charge in [0.05, 0.1) is 19.3 Å². The highest BCUT2D eigenvalue weighted by Gasteiger charge is 2.41. The first-order chi connectivity index (χ1) is 9.67. The first-order valence-electron chi connectivity index (χ1n) is 6.55. The lowest BCUT2D eigenvalue weighted by atomic mass is 9.88. The first-order valence-corrected chi connectivity index (χ1v) is 6.55. The van der Waals surface area contributed by atoms with Crippen LogP contribution in [0.1, 0.15) is 38.2 Å². The van der Waals surface area contributed by atoms with Crippen LogP contribution in [-0.4, -0.2) is 30.4 Å². The van der Waals surface area contributed by atoms with Crippen LogP contribution in [0.15, 0.2) is 22.8 Å². The van der Waals surface area contributed by atoms with Gasteiger partial charge >= 0.3 is 11.9 Å². The molecule has 1 heterocycles. The molecule has 0 fully saturated rings. The van der Waals surface area contributed by atoms with Gasteiger partial charge in [-0.2, -0.15) is 0 Å². The van der Waals surface area contributed by atoms with Gasteiger partial charge in [-0.1, -0.05) is 6.92 Å². The molecule has 0 N–H and O–H groups in total. The highest BCUT2D eigenvalue weighted by molar-refractivity contribution is 6.09. The van der Waals surface area contributed by atoms with E-state index in [2.05, 4.69) is 4.74 Å². The topological polar surface area (TPSA) is 82.8 Å². The molecule has 2 atom stereocenters. The Morgan fingerprint density at radius 1 is 1.19 bits per heavy atom. The maximum atomic E-state index is 12.4. The van der Waals surface area contributed by atoms with E-state index in [1.165, 1.54) is 32.4 Å². The summed E-state index contributed by atoms with van der Waals surface area (Å²) < 4.78 is 14.8. The van der Waals surface area contributed by atoms with Crippen molar-refractivity contribution in [3.8, 4) is 0 Å². The minimum atomic E-state index is -1.30. The fourth-order valence-electron chi connectivity index (χ4n) is 1.80. The van der Waals surface area contributed by atoms with Gasteiger partial charge in [-0.25, -0.2) is 0 Å². The summed E-state index contributed by atoms with van der Waals surface area (Å²) in [6.07, 6.45) is 1.32. The molecule has 0 aliphatic carbocycles. The smallest absolute Gasteiger partial charge is 0.318 e. The van der Waals surface area contributed by atoms with Gasteiger partial charge in [-0.3, -0.25) is 14.4 Å². The fourth-order valence-corrected chi connectivity index (χ4v) is 1.80. The minimum Gasteiger partial charge on any atom is -0.469 e. The predicted molar refractivity (Wildman–Crippen MR) is 73.6 cm³/mol. The van der Waals surface area contributed by atoms with Crippen molar-refractivity contribution in [1.29, 1.82) is 0 Å². The summed E-state index contributed by atoms with van der Waals surface area (Å²) in [5, 5.41) is 0. The van der Waals surface area contributed by atoms with Crippen LogP contribution in [0.4, 0.5) is 0 Å². The molecular weight excluding hydrogens is 276 g/mol. The molecule has 0 saturated heterocycles. The van der Waals surface area contributed by atoms with Crippen molar-refractivity contribution in [1.82, 2.24) is 0 Å². The number of rotatable bonds is 5. The van der Waals surface area contributed by atoms with Crippen LogP contribution in [0.3, 0.4) is 0 Å². The quantitative estimate of drug-likeness (QED) is 0.471. The lowest BCUT2D eigenvalue weighted by Gasteiger charge is -2.25. The van der Waals surface area contributed by atoms with E-state index in [-0.39, 0.29) is 5.76 Å². The molecule has 0 aliphatic rings. The molecular formula is C15H20O6. The van der Waals surface area contributed by atoms with Crippen molar-refractivity contribution < 1.29 is 28.3 Å². The zero-order valence-electron chi connectivity index (χ0n) is 12.8. The summed E-state index contributed by atoms with van der Waals surface area (Å²) >= 11 is 0. The van der Waals surface area contributed by atoms with Crippen LogP contribution < -0.4 is 0 Å². The van der Waals surface area contributed by atoms with Gasteiger partial charge in [0.2, 0.25) is 5.78 Å². The molecule has 0 aliphatic heterocycles. The van der Waals surface area contributed by atoms with Crippen molar-refractivity contribution in [3.63, 3.8) is 0 Å². The molecule has 21 heavy (non-hydrogen) atoms. The number of ketones is 1. The van der Waals surface area contributed by atoms with Gasteiger partial charge in [-0.05, 0) is 32.9 Å². The number of esters is 2. The zero-order valence-corrected chi connectivity index (χ0v) is 12.8. The van der Waals surface area contributed by atoms with Crippen molar-refractivity contribution in [2.75, 3.05) is 7.11 Å². The number of ether oxygens (including phenoxy) is 2. The zero-order chi connectivity index (χ0) is 16.2. The van der Waals surface area contributed by atoms with Crippen LogP contribution in [0.2, 0.25) is 0 Å². The molecule has 0 amide bonds. The minimum absolute atomic E-state index is 0.00149. The van der Waals surface area contributed by atoms with E-state index in [0.717, 1.165) is 0 Å². The largest absolute Gasteiger partial charge is 0.469 e. The van der Waals surface area contributed by atoms with E-state index in [0.29, 0.717) is 0 Å². The molecule has 1 rings (SSSR count). The number of methoxy groups -OCH3 is 1. The molecule has 0 spiro atoms. The Labute approximate surface area is 123 Å². The van der Waals surface area contributed by atoms with E-state index in [9.17, 15) is 14.4 Å². The van der Waals surface area contributed by atoms with E-state index >= 15 is 0 Å². The second-order valence-electron chi connectivity index (χ2n) is 5.66. The number of furan rings is 1. The number of hydrogen-bond donors (Lipinski definition) is 0. The van der Waals surface area contributed by atoms with Crippen LogP contribution >= 0.6 is 0 Å².